The van der Waals surface area contributed by atoms with E-state index in [1.165, 1.54) is 0 Å². The number of carbonyl (C=O) groups excluding carboxylic acids is 4. The van der Waals surface area contributed by atoms with Gasteiger partial charge in [0.15, 0.2) is 0 Å². The fraction of sp³-hybridized carbons (Fsp3) is 0.243. The number of nitrogens with one attached hydrogen (secondary N) is 5. The van der Waals surface area contributed by atoms with E-state index < -0.39 is 0 Å². The highest BCUT2D eigenvalue weighted by Gasteiger charge is 2.27. The van der Waals surface area contributed by atoms with Gasteiger partial charge in [0.1, 0.15) is 0 Å². The summed E-state index contributed by atoms with van der Waals surface area (Å²) in [6.07, 6.45) is 1.74. The molecule has 0 unspecified atom stereocenters. The van der Waals surface area contributed by atoms with Gasteiger partial charge in [0.2, 0.25) is 0 Å². The van der Waals surface area contributed by atoms with E-state index in [0.29, 0.717) is 57.1 Å². The first kappa shape index (κ1) is 32.9. The van der Waals surface area contributed by atoms with Crippen molar-refractivity contribution in [1.29, 1.82) is 0 Å². The van der Waals surface area contributed by atoms with Crippen LogP contribution < -0.4 is 21.3 Å². The smallest absolute Gasteiger partial charge is 0.256 e. The first-order valence-electron chi connectivity index (χ1n) is 15.7. The van der Waals surface area contributed by atoms with Gasteiger partial charge in [0.25, 0.3) is 23.6 Å². The number of aromatic nitrogens is 1. The monoisotopic (exact) mass is 632 g/mol. The number of benzene rings is 3. The number of carbonyl (C=O) groups is 4. The van der Waals surface area contributed by atoms with Crippen molar-refractivity contribution < 1.29 is 19.2 Å². The Hall–Kier alpha value is -5.48. The van der Waals surface area contributed by atoms with Crippen molar-refractivity contribution in [2.75, 3.05) is 42.1 Å². The molecule has 1 aliphatic rings. The maximum absolute atomic E-state index is 13.3. The molecule has 5 N–H and O–H groups in total. The molecule has 0 spiro atoms. The summed E-state index contributed by atoms with van der Waals surface area (Å²) in [4.78, 5) is 57.5. The minimum Gasteiger partial charge on any atom is -0.358 e. The molecule has 1 aromatic heterocycles. The molecule has 2 heterocycles. The predicted molar refractivity (Wildman–Crippen MR) is 187 cm³/mol. The Morgan fingerprint density at radius 2 is 1.55 bits per heavy atom. The Labute approximate surface area is 274 Å². The van der Waals surface area contributed by atoms with E-state index in [-0.39, 0.29) is 23.6 Å². The fourth-order valence-electron chi connectivity index (χ4n) is 5.66. The van der Waals surface area contributed by atoms with Crippen LogP contribution >= 0.6 is 0 Å². The highest BCUT2D eigenvalue weighted by Crippen LogP contribution is 2.35. The fourth-order valence-corrected chi connectivity index (χ4v) is 5.66. The van der Waals surface area contributed by atoms with Crippen LogP contribution in [0.5, 0.6) is 0 Å². The van der Waals surface area contributed by atoms with Gasteiger partial charge >= 0.3 is 0 Å². The number of hydrogen-bond donors (Lipinski definition) is 5. The van der Waals surface area contributed by atoms with Crippen molar-refractivity contribution in [3.63, 3.8) is 0 Å². The van der Waals surface area contributed by atoms with Crippen LogP contribution in [0.25, 0.3) is 11.6 Å². The van der Waals surface area contributed by atoms with Gasteiger partial charge in [-0.1, -0.05) is 44.2 Å². The third kappa shape index (κ3) is 7.34. The SMILES string of the molecule is CCN(CC)CCNC(=O)c1c(C)[nH]c(C=C2C(=O)Nc3cc(C(=O)Nc4cc(NC(=O)c5ccccc5)ccc4C)ccc32)c1C. The molecule has 242 valence electrons. The van der Waals surface area contributed by atoms with E-state index in [1.54, 1.807) is 60.7 Å². The normalized spacial score (nSPS) is 13.0. The van der Waals surface area contributed by atoms with Gasteiger partial charge in [-0.3, -0.25) is 19.2 Å². The first-order valence-corrected chi connectivity index (χ1v) is 15.7. The number of nitrogens with zero attached hydrogens (tertiary/aromatic N) is 1. The molecule has 5 rings (SSSR count). The van der Waals surface area contributed by atoms with Crippen molar-refractivity contribution in [3.05, 3.63) is 111 Å². The van der Waals surface area contributed by atoms with E-state index in [9.17, 15) is 19.2 Å². The molecule has 0 aliphatic carbocycles. The second-order valence-electron chi connectivity index (χ2n) is 11.5. The van der Waals surface area contributed by atoms with Crippen LogP contribution in [-0.4, -0.2) is 59.7 Å². The number of amides is 4. The molecule has 4 aromatic rings. The average molecular weight is 633 g/mol. The molecular formula is C37H40N6O4. The van der Waals surface area contributed by atoms with Gasteiger partial charge in [-0.15, -0.1) is 0 Å². The van der Waals surface area contributed by atoms with Crippen molar-refractivity contribution in [2.24, 2.45) is 0 Å². The maximum atomic E-state index is 13.3. The van der Waals surface area contributed by atoms with Gasteiger partial charge in [0, 0.05) is 58.2 Å². The van der Waals surface area contributed by atoms with Crippen molar-refractivity contribution in [2.45, 2.75) is 34.6 Å². The summed E-state index contributed by atoms with van der Waals surface area (Å²) in [5, 5.41) is 11.7. The molecule has 10 nitrogen and oxygen atoms in total. The minimum absolute atomic E-state index is 0.153. The largest absolute Gasteiger partial charge is 0.358 e. The molecule has 0 saturated carbocycles. The van der Waals surface area contributed by atoms with Gasteiger partial charge in [-0.2, -0.15) is 0 Å². The van der Waals surface area contributed by atoms with Crippen LogP contribution in [0.2, 0.25) is 0 Å². The summed E-state index contributed by atoms with van der Waals surface area (Å²) in [5.41, 5.74) is 7.14. The predicted octanol–water partition coefficient (Wildman–Crippen LogP) is 6.01. The van der Waals surface area contributed by atoms with E-state index in [1.807, 2.05) is 32.9 Å². The minimum atomic E-state index is -0.360. The number of anilines is 3. The number of likely N-dealkylation sites (N-methyl/N-ethyl adjacent to an activating group) is 1. The summed E-state index contributed by atoms with van der Waals surface area (Å²) in [7, 11) is 0. The van der Waals surface area contributed by atoms with Crippen LogP contribution in [-0.2, 0) is 4.79 Å². The van der Waals surface area contributed by atoms with Crippen LogP contribution in [0.15, 0.2) is 66.7 Å². The molecule has 3 aromatic carbocycles. The molecule has 0 atom stereocenters. The summed E-state index contributed by atoms with van der Waals surface area (Å²) >= 11 is 0. The third-order valence-electron chi connectivity index (χ3n) is 8.44. The second kappa shape index (κ2) is 14.3. The first-order chi connectivity index (χ1) is 22.6. The highest BCUT2D eigenvalue weighted by molar-refractivity contribution is 6.35. The van der Waals surface area contributed by atoms with Gasteiger partial charge in [-0.25, -0.2) is 0 Å². The van der Waals surface area contributed by atoms with Gasteiger partial charge < -0.3 is 31.2 Å². The molecule has 47 heavy (non-hydrogen) atoms. The van der Waals surface area contributed by atoms with Crippen molar-refractivity contribution in [3.8, 4) is 0 Å². The van der Waals surface area contributed by atoms with Gasteiger partial charge in [-0.05, 0) is 87.5 Å². The van der Waals surface area contributed by atoms with Crippen LogP contribution in [0.3, 0.4) is 0 Å². The lowest BCUT2D eigenvalue weighted by Gasteiger charge is -2.18. The summed E-state index contributed by atoms with van der Waals surface area (Å²) < 4.78 is 0. The van der Waals surface area contributed by atoms with Crippen LogP contribution in [0.1, 0.15) is 73.0 Å². The van der Waals surface area contributed by atoms with Gasteiger partial charge in [0.05, 0.1) is 11.1 Å². The summed E-state index contributed by atoms with van der Waals surface area (Å²) in [6.45, 7) is 12.9. The Morgan fingerprint density at radius 1 is 0.830 bits per heavy atom. The Bertz CT molecular complexity index is 1870. The Kier molecular flexibility index (Phi) is 10.0. The lowest BCUT2D eigenvalue weighted by atomic mass is 10.0. The van der Waals surface area contributed by atoms with E-state index in [2.05, 4.69) is 45.0 Å². The van der Waals surface area contributed by atoms with E-state index in [4.69, 9.17) is 0 Å². The summed E-state index contributed by atoms with van der Waals surface area (Å²) in [5.74, 6) is -1.06. The molecule has 0 bridgehead atoms. The zero-order valence-corrected chi connectivity index (χ0v) is 27.3. The second-order valence-corrected chi connectivity index (χ2v) is 11.5. The molecule has 0 fully saturated rings. The molecule has 10 heteroatoms. The Morgan fingerprint density at radius 3 is 2.28 bits per heavy atom. The number of H-pyrrole nitrogens is 1. The number of fused-ring (bicyclic) bond motifs is 1. The lowest BCUT2D eigenvalue weighted by molar-refractivity contribution is -0.110. The molecule has 0 saturated heterocycles. The lowest BCUT2D eigenvalue weighted by Crippen LogP contribution is -2.35. The molecule has 1 aliphatic heterocycles. The summed E-state index contributed by atoms with van der Waals surface area (Å²) in [6, 6.07) is 19.2. The molecule has 4 amide bonds. The zero-order chi connectivity index (χ0) is 33.7. The zero-order valence-electron chi connectivity index (χ0n) is 27.3. The number of aryl methyl sites for hydroxylation is 2. The maximum Gasteiger partial charge on any atom is 0.256 e. The number of aromatic amines is 1. The Balaban J connectivity index is 1.30. The average Bonchev–Trinajstić information content (AvgIpc) is 3.53. The molecule has 0 radical (unpaired) electrons. The third-order valence-corrected chi connectivity index (χ3v) is 8.44. The number of rotatable bonds is 11. The van der Waals surface area contributed by atoms with Crippen LogP contribution in [0.4, 0.5) is 17.1 Å². The van der Waals surface area contributed by atoms with Crippen molar-refractivity contribution >= 4 is 52.3 Å². The van der Waals surface area contributed by atoms with E-state index in [0.717, 1.165) is 36.5 Å². The van der Waals surface area contributed by atoms with Crippen molar-refractivity contribution in [1.82, 2.24) is 15.2 Å². The van der Waals surface area contributed by atoms with Crippen LogP contribution in [0, 0.1) is 20.8 Å². The van der Waals surface area contributed by atoms with E-state index >= 15 is 0 Å². The molecular weight excluding hydrogens is 592 g/mol. The number of hydrogen-bond acceptors (Lipinski definition) is 5. The topological polar surface area (TPSA) is 135 Å². The quantitative estimate of drug-likeness (QED) is 0.129. The standard InChI is InChI=1S/C37H40N6O4/c1-6-43(7-2)18-17-38-37(47)33-23(4)31(39-24(33)5)21-29-28-16-14-26(19-32(28)42-36(29)46)35(45)41-30-20-27(15-13-22(30)3)40-34(44)25-11-9-8-10-12-25/h8-16,19-21,39H,6-7,17-18H2,1-5H3,(H,38,47)(H,40,44)(H,41,45)(H,42,46). The highest BCUT2D eigenvalue weighted by atomic mass is 16.2.